The molecule has 5 nitrogen and oxygen atoms in total. The van der Waals surface area contributed by atoms with Crippen LogP contribution in [0.3, 0.4) is 0 Å². The highest BCUT2D eigenvalue weighted by Crippen LogP contribution is 2.33. The van der Waals surface area contributed by atoms with Gasteiger partial charge in [-0.15, -0.1) is 0 Å². The number of benzene rings is 3. The molecule has 4 rings (SSSR count). The van der Waals surface area contributed by atoms with Gasteiger partial charge in [-0.25, -0.2) is 4.36 Å². The molecule has 29 heavy (non-hydrogen) atoms. The van der Waals surface area contributed by atoms with Crippen molar-refractivity contribution in [3.05, 3.63) is 77.9 Å². The number of pyridine rings is 1. The number of phenols is 2. The van der Waals surface area contributed by atoms with Gasteiger partial charge in [0.1, 0.15) is 11.5 Å². The number of fused-ring (bicyclic) bond motifs is 1. The quantitative estimate of drug-likeness (QED) is 0.367. The molecule has 0 aliphatic heterocycles. The van der Waals surface area contributed by atoms with Gasteiger partial charge in [0.05, 0.1) is 26.8 Å². The van der Waals surface area contributed by atoms with Crippen LogP contribution in [0.1, 0.15) is 0 Å². The Morgan fingerprint density at radius 2 is 1.79 bits per heavy atom. The van der Waals surface area contributed by atoms with E-state index >= 15 is 0 Å². The van der Waals surface area contributed by atoms with Crippen LogP contribution in [0.5, 0.6) is 11.5 Å². The minimum Gasteiger partial charge on any atom is -0.508 e. The second kappa shape index (κ2) is 8.11. The van der Waals surface area contributed by atoms with Crippen molar-refractivity contribution in [2.24, 2.45) is 4.36 Å². The molecule has 0 radical (unpaired) electrons. The molecule has 1 unspecified atom stereocenters. The summed E-state index contributed by atoms with van der Waals surface area (Å²) in [5.41, 5.74) is 3.00. The van der Waals surface area contributed by atoms with Gasteiger partial charge >= 0.3 is 0 Å². The van der Waals surface area contributed by atoms with Gasteiger partial charge < -0.3 is 15.5 Å². The second-order valence-electron chi connectivity index (χ2n) is 6.39. The van der Waals surface area contributed by atoms with Crippen LogP contribution >= 0.6 is 11.6 Å². The minimum atomic E-state index is -0.510. The van der Waals surface area contributed by atoms with E-state index < -0.39 is 10.7 Å². The highest BCUT2D eigenvalue weighted by atomic mass is 35.5. The first-order chi connectivity index (χ1) is 14.0. The van der Waals surface area contributed by atoms with E-state index in [2.05, 4.69) is 10.3 Å². The van der Waals surface area contributed by atoms with Crippen LogP contribution in [0.25, 0.3) is 10.9 Å². The van der Waals surface area contributed by atoms with Crippen molar-refractivity contribution in [2.45, 2.75) is 4.90 Å². The Balaban J connectivity index is 1.75. The Morgan fingerprint density at radius 3 is 2.62 bits per heavy atom. The van der Waals surface area contributed by atoms with Crippen molar-refractivity contribution >= 4 is 50.3 Å². The average molecular weight is 424 g/mol. The number of phenolic OH excluding ortho intramolecular Hbond substituents is 2. The molecule has 7 heteroatoms. The van der Waals surface area contributed by atoms with Crippen molar-refractivity contribution < 1.29 is 10.2 Å². The number of nitrogens with one attached hydrogen (secondary N) is 1. The zero-order valence-corrected chi connectivity index (χ0v) is 17.1. The lowest BCUT2D eigenvalue weighted by molar-refractivity contribution is 0.462. The third-order valence-corrected chi connectivity index (χ3v) is 6.17. The molecule has 4 aromatic rings. The lowest BCUT2D eigenvalue weighted by Crippen LogP contribution is -1.93. The van der Waals surface area contributed by atoms with Crippen LogP contribution < -0.4 is 5.32 Å². The molecule has 1 heterocycles. The highest BCUT2D eigenvalue weighted by molar-refractivity contribution is 7.86. The molecule has 0 aliphatic carbocycles. The first-order valence-corrected chi connectivity index (χ1v) is 10.8. The van der Waals surface area contributed by atoms with Gasteiger partial charge in [-0.2, -0.15) is 0 Å². The lowest BCUT2D eigenvalue weighted by Gasteiger charge is -2.12. The number of aromatic hydroxyl groups is 2. The summed E-state index contributed by atoms with van der Waals surface area (Å²) >= 11 is 6.25. The summed E-state index contributed by atoms with van der Waals surface area (Å²) in [5.74, 6) is 0.370. The minimum absolute atomic E-state index is 0.128. The van der Waals surface area contributed by atoms with E-state index in [1.165, 1.54) is 6.07 Å². The number of hydrogen-bond donors (Lipinski definition) is 3. The molecule has 3 aromatic carbocycles. The molecule has 1 aromatic heterocycles. The molecule has 0 spiro atoms. The van der Waals surface area contributed by atoms with Gasteiger partial charge in [0.25, 0.3) is 0 Å². The molecular weight excluding hydrogens is 406 g/mol. The topological polar surface area (TPSA) is 77.7 Å². The maximum absolute atomic E-state index is 10.1. The number of hydrogen-bond acceptors (Lipinski definition) is 5. The summed E-state index contributed by atoms with van der Waals surface area (Å²) in [5, 5.41) is 24.5. The van der Waals surface area contributed by atoms with Crippen LogP contribution in [0, 0.1) is 0 Å². The number of aromatic nitrogens is 1. The van der Waals surface area contributed by atoms with E-state index in [0.717, 1.165) is 27.2 Å². The Bertz CT molecular complexity index is 1240. The number of rotatable bonds is 4. The third kappa shape index (κ3) is 4.18. The summed E-state index contributed by atoms with van der Waals surface area (Å²) in [6.07, 6.45) is 3.68. The Labute approximate surface area is 175 Å². The maximum atomic E-state index is 10.1. The largest absolute Gasteiger partial charge is 0.508 e. The molecule has 0 amide bonds. The predicted octanol–water partition coefficient (Wildman–Crippen LogP) is 6.17. The van der Waals surface area contributed by atoms with Gasteiger partial charge in [-0.3, -0.25) is 4.98 Å². The van der Waals surface area contributed by atoms with Gasteiger partial charge in [0.2, 0.25) is 0 Å². The van der Waals surface area contributed by atoms with E-state index in [1.54, 1.807) is 30.5 Å². The molecule has 0 saturated heterocycles. The molecule has 0 saturated carbocycles. The molecular formula is C22H18ClN3O2S. The van der Waals surface area contributed by atoms with Gasteiger partial charge in [-0.1, -0.05) is 34.4 Å². The highest BCUT2D eigenvalue weighted by Gasteiger charge is 2.08. The smallest absolute Gasteiger partial charge is 0.130 e. The van der Waals surface area contributed by atoms with Crippen molar-refractivity contribution in [3.63, 3.8) is 0 Å². The Hall–Kier alpha value is -3.09. The molecule has 3 N–H and O–H groups in total. The Kier molecular flexibility index (Phi) is 5.38. The lowest BCUT2D eigenvalue weighted by atomic mass is 10.1. The SMILES string of the molecule is CS(=Nc1ccc2nccc(Nc3cc(O)ccc3Cl)c2c1)c1ccccc1O. The van der Waals surface area contributed by atoms with Crippen LogP contribution in [0.4, 0.5) is 17.1 Å². The van der Waals surface area contributed by atoms with Gasteiger partial charge in [0, 0.05) is 23.3 Å². The monoisotopic (exact) mass is 423 g/mol. The van der Waals surface area contributed by atoms with Crippen LogP contribution in [0.15, 0.2) is 82.2 Å². The summed E-state index contributed by atoms with van der Waals surface area (Å²) in [6.45, 7) is 0. The summed E-state index contributed by atoms with van der Waals surface area (Å²) in [6, 6.07) is 19.6. The molecule has 1 atom stereocenters. The van der Waals surface area contributed by atoms with E-state index in [-0.39, 0.29) is 11.5 Å². The number of halogens is 1. The van der Waals surface area contributed by atoms with E-state index in [4.69, 9.17) is 16.0 Å². The van der Waals surface area contributed by atoms with E-state index in [1.807, 2.05) is 42.7 Å². The fourth-order valence-electron chi connectivity index (χ4n) is 2.97. The summed E-state index contributed by atoms with van der Waals surface area (Å²) < 4.78 is 4.77. The zero-order chi connectivity index (χ0) is 20.4. The fourth-order valence-corrected chi connectivity index (χ4v) is 4.31. The number of para-hydroxylation sites is 1. The van der Waals surface area contributed by atoms with Crippen LogP contribution in [-0.4, -0.2) is 21.5 Å². The van der Waals surface area contributed by atoms with Crippen molar-refractivity contribution in [3.8, 4) is 11.5 Å². The predicted molar refractivity (Wildman–Crippen MR) is 120 cm³/mol. The standard InChI is InChI=1S/C22H18ClN3O2S/c1-29(22-5-3-2-4-21(22)28)26-14-6-9-18-16(12-14)19(10-11-24-18)25-20-13-15(27)7-8-17(20)23/h2-13,27-28H,1H3,(H,24,25). The van der Waals surface area contributed by atoms with E-state index in [0.29, 0.717) is 10.7 Å². The first-order valence-electron chi connectivity index (χ1n) is 8.81. The fraction of sp³-hybridized carbons (Fsp3) is 0.0455. The van der Waals surface area contributed by atoms with Crippen molar-refractivity contribution in [1.82, 2.24) is 4.98 Å². The van der Waals surface area contributed by atoms with Gasteiger partial charge in [0.15, 0.2) is 0 Å². The number of anilines is 2. The first kappa shape index (κ1) is 19.2. The molecule has 0 fully saturated rings. The van der Waals surface area contributed by atoms with Crippen molar-refractivity contribution in [2.75, 3.05) is 11.6 Å². The molecule has 0 bridgehead atoms. The average Bonchev–Trinajstić information content (AvgIpc) is 2.71. The second-order valence-corrected chi connectivity index (χ2v) is 8.37. The van der Waals surface area contributed by atoms with Crippen molar-refractivity contribution in [1.29, 1.82) is 0 Å². The zero-order valence-electron chi connectivity index (χ0n) is 15.5. The van der Waals surface area contributed by atoms with Crippen LogP contribution in [0.2, 0.25) is 5.02 Å². The maximum Gasteiger partial charge on any atom is 0.130 e. The molecule has 146 valence electrons. The molecule has 0 aliphatic rings. The van der Waals surface area contributed by atoms with Crippen LogP contribution in [-0.2, 0) is 10.7 Å². The van der Waals surface area contributed by atoms with Gasteiger partial charge in [-0.05, 0) is 54.8 Å². The third-order valence-electron chi connectivity index (χ3n) is 4.37. The number of nitrogens with zero attached hydrogens (tertiary/aromatic N) is 2. The Morgan fingerprint density at radius 1 is 0.966 bits per heavy atom. The normalized spacial score (nSPS) is 12.2. The van der Waals surface area contributed by atoms with E-state index in [9.17, 15) is 10.2 Å². The summed E-state index contributed by atoms with van der Waals surface area (Å²) in [4.78, 5) is 5.21. The summed E-state index contributed by atoms with van der Waals surface area (Å²) in [7, 11) is -0.510.